The Morgan fingerprint density at radius 3 is 2.77 bits per heavy atom. The fraction of sp³-hybridized carbons (Fsp3) is 0.444. The van der Waals surface area contributed by atoms with Crippen molar-refractivity contribution in [1.82, 2.24) is 4.98 Å². The van der Waals surface area contributed by atoms with E-state index in [0.29, 0.717) is 5.75 Å². The van der Waals surface area contributed by atoms with Crippen LogP contribution in [-0.4, -0.2) is 23.3 Å². The lowest BCUT2D eigenvalue weighted by molar-refractivity contribution is 0.164. The van der Waals surface area contributed by atoms with Gasteiger partial charge in [0, 0.05) is 6.20 Å². The van der Waals surface area contributed by atoms with E-state index in [1.54, 1.807) is 32.5 Å². The second-order valence-corrected chi connectivity index (χ2v) is 2.92. The first kappa shape index (κ1) is 9.95. The molecule has 0 unspecified atom stereocenters. The van der Waals surface area contributed by atoms with Gasteiger partial charge in [0.25, 0.3) is 0 Å². The minimum atomic E-state index is -0.589. The average Bonchev–Trinajstić information content (AvgIpc) is 2.16. The van der Waals surface area contributed by atoms with Crippen LogP contribution in [0.4, 0.5) is 0 Å². The number of hydrogen-bond donors (Lipinski definition) is 2. The van der Waals surface area contributed by atoms with Crippen LogP contribution >= 0.6 is 0 Å². The number of pyridine rings is 1. The van der Waals surface area contributed by atoms with Crippen LogP contribution in [0.2, 0.25) is 0 Å². The first-order chi connectivity index (χ1) is 6.15. The molecular formula is C9H14N2O2. The predicted octanol–water partition coefficient (Wildman–Crippen LogP) is 0.471. The van der Waals surface area contributed by atoms with Crippen molar-refractivity contribution < 1.29 is 9.84 Å². The summed E-state index contributed by atoms with van der Waals surface area (Å²) in [5, 5.41) is 9.24. The summed E-state index contributed by atoms with van der Waals surface area (Å²) < 4.78 is 4.99. The van der Waals surface area contributed by atoms with E-state index in [2.05, 4.69) is 4.98 Å². The van der Waals surface area contributed by atoms with Gasteiger partial charge in [-0.3, -0.25) is 4.98 Å². The van der Waals surface area contributed by atoms with Crippen LogP contribution in [0, 0.1) is 0 Å². The lowest BCUT2D eigenvalue weighted by atomic mass is 10.1. The predicted molar refractivity (Wildman–Crippen MR) is 49.4 cm³/mol. The van der Waals surface area contributed by atoms with Crippen LogP contribution in [0.1, 0.15) is 18.5 Å². The number of aromatic nitrogens is 1. The maximum absolute atomic E-state index is 9.24. The first-order valence-corrected chi connectivity index (χ1v) is 4.07. The van der Waals surface area contributed by atoms with Crippen molar-refractivity contribution in [2.75, 3.05) is 7.11 Å². The third kappa shape index (κ3) is 2.40. The van der Waals surface area contributed by atoms with Crippen molar-refractivity contribution in [3.05, 3.63) is 24.0 Å². The molecule has 0 radical (unpaired) electrons. The molecule has 0 aliphatic carbocycles. The Kier molecular flexibility index (Phi) is 3.22. The summed E-state index contributed by atoms with van der Waals surface area (Å²) in [6, 6.07) is 1.35. The van der Waals surface area contributed by atoms with Crippen LogP contribution in [0.3, 0.4) is 0 Å². The summed E-state index contributed by atoms with van der Waals surface area (Å²) in [5.41, 5.74) is 6.49. The molecule has 2 atom stereocenters. The second kappa shape index (κ2) is 4.20. The number of rotatable bonds is 3. The Balaban J connectivity index is 2.88. The van der Waals surface area contributed by atoms with E-state index >= 15 is 0 Å². The van der Waals surface area contributed by atoms with Gasteiger partial charge in [0.15, 0.2) is 0 Å². The molecule has 1 aromatic heterocycles. The first-order valence-electron chi connectivity index (χ1n) is 4.07. The van der Waals surface area contributed by atoms with Gasteiger partial charge in [0.05, 0.1) is 25.5 Å². The van der Waals surface area contributed by atoms with Gasteiger partial charge in [-0.25, -0.2) is 0 Å². The highest BCUT2D eigenvalue weighted by Crippen LogP contribution is 2.17. The van der Waals surface area contributed by atoms with Gasteiger partial charge in [-0.1, -0.05) is 0 Å². The highest BCUT2D eigenvalue weighted by molar-refractivity contribution is 5.26. The molecule has 1 aromatic rings. The van der Waals surface area contributed by atoms with E-state index in [1.165, 1.54) is 0 Å². The quantitative estimate of drug-likeness (QED) is 0.713. The number of nitrogens with zero attached hydrogens (tertiary/aromatic N) is 1. The molecule has 0 fully saturated rings. The van der Waals surface area contributed by atoms with Crippen molar-refractivity contribution in [3.8, 4) is 5.75 Å². The summed E-state index contributed by atoms with van der Waals surface area (Å²) >= 11 is 0. The molecule has 0 aliphatic rings. The van der Waals surface area contributed by atoms with Crippen LogP contribution in [0.15, 0.2) is 18.5 Å². The van der Waals surface area contributed by atoms with Crippen LogP contribution in [0.5, 0.6) is 5.75 Å². The zero-order chi connectivity index (χ0) is 9.84. The normalized spacial score (nSPS) is 15.1. The average molecular weight is 182 g/mol. The smallest absolute Gasteiger partial charge is 0.137 e. The molecule has 1 heterocycles. The van der Waals surface area contributed by atoms with Gasteiger partial charge in [-0.2, -0.15) is 0 Å². The molecule has 0 aliphatic heterocycles. The number of aliphatic hydroxyl groups is 1. The number of methoxy groups -OCH3 is 1. The zero-order valence-electron chi connectivity index (χ0n) is 7.77. The van der Waals surface area contributed by atoms with E-state index in [9.17, 15) is 5.11 Å². The van der Waals surface area contributed by atoms with Crippen LogP contribution in [-0.2, 0) is 0 Å². The van der Waals surface area contributed by atoms with Gasteiger partial charge in [-0.15, -0.1) is 0 Å². The Morgan fingerprint density at radius 2 is 2.23 bits per heavy atom. The van der Waals surface area contributed by atoms with Gasteiger partial charge >= 0.3 is 0 Å². The van der Waals surface area contributed by atoms with Crippen molar-refractivity contribution >= 4 is 0 Å². The van der Waals surface area contributed by atoms with E-state index < -0.39 is 12.1 Å². The molecule has 4 nitrogen and oxygen atoms in total. The molecule has 0 spiro atoms. The summed E-state index contributed by atoms with van der Waals surface area (Å²) in [6.07, 6.45) is 2.63. The van der Waals surface area contributed by atoms with Crippen molar-refractivity contribution in [1.29, 1.82) is 0 Å². The Morgan fingerprint density at radius 1 is 1.54 bits per heavy atom. The summed E-state index contributed by atoms with van der Waals surface area (Å²) in [5.74, 6) is 0.647. The largest absolute Gasteiger partial charge is 0.495 e. The molecule has 1 rings (SSSR count). The molecule has 0 amide bonds. The van der Waals surface area contributed by atoms with E-state index in [1.807, 2.05) is 0 Å². The highest BCUT2D eigenvalue weighted by atomic mass is 16.5. The van der Waals surface area contributed by atoms with E-state index in [0.717, 1.165) is 5.56 Å². The molecule has 0 saturated heterocycles. The maximum Gasteiger partial charge on any atom is 0.137 e. The number of nitrogens with two attached hydrogens (primary N) is 1. The Bertz CT molecular complexity index is 276. The maximum atomic E-state index is 9.24. The topological polar surface area (TPSA) is 68.4 Å². The molecule has 0 saturated carbocycles. The van der Waals surface area contributed by atoms with E-state index in [-0.39, 0.29) is 0 Å². The monoisotopic (exact) mass is 182 g/mol. The third-order valence-corrected chi connectivity index (χ3v) is 1.87. The van der Waals surface area contributed by atoms with Gasteiger partial charge in [0.2, 0.25) is 0 Å². The van der Waals surface area contributed by atoms with Gasteiger partial charge < -0.3 is 15.6 Å². The minimum Gasteiger partial charge on any atom is -0.495 e. The molecule has 3 N–H and O–H groups in total. The summed E-state index contributed by atoms with van der Waals surface area (Å²) in [7, 11) is 1.56. The van der Waals surface area contributed by atoms with Gasteiger partial charge in [0.1, 0.15) is 5.75 Å². The number of hydrogen-bond acceptors (Lipinski definition) is 4. The SMILES string of the molecule is COc1cncc([C@@H](N)[C@@H](C)O)c1. The number of aliphatic hydroxyl groups excluding tert-OH is 1. The van der Waals surface area contributed by atoms with Crippen LogP contribution in [0.25, 0.3) is 0 Å². The highest BCUT2D eigenvalue weighted by Gasteiger charge is 2.12. The standard InChI is InChI=1S/C9H14N2O2/c1-6(12)9(10)7-3-8(13-2)5-11-4-7/h3-6,9,12H,10H2,1-2H3/t6-,9+/m1/s1. The third-order valence-electron chi connectivity index (χ3n) is 1.87. The molecule has 0 aromatic carbocycles. The van der Waals surface area contributed by atoms with Crippen molar-refractivity contribution in [2.24, 2.45) is 5.73 Å². The fourth-order valence-electron chi connectivity index (χ4n) is 1.01. The lowest BCUT2D eigenvalue weighted by Crippen LogP contribution is -2.23. The lowest BCUT2D eigenvalue weighted by Gasteiger charge is -2.14. The molecular weight excluding hydrogens is 168 g/mol. The Labute approximate surface area is 77.4 Å². The summed E-state index contributed by atoms with van der Waals surface area (Å²) in [4.78, 5) is 3.94. The zero-order valence-corrected chi connectivity index (χ0v) is 7.77. The van der Waals surface area contributed by atoms with E-state index in [4.69, 9.17) is 10.5 Å². The molecule has 72 valence electrons. The number of ether oxygens (including phenoxy) is 1. The van der Waals surface area contributed by atoms with Gasteiger partial charge in [-0.05, 0) is 18.6 Å². The molecule has 0 bridgehead atoms. The Hall–Kier alpha value is -1.13. The summed E-state index contributed by atoms with van der Waals surface area (Å²) in [6.45, 7) is 1.64. The van der Waals surface area contributed by atoms with Crippen molar-refractivity contribution in [3.63, 3.8) is 0 Å². The van der Waals surface area contributed by atoms with Crippen molar-refractivity contribution in [2.45, 2.75) is 19.1 Å². The molecule has 4 heteroatoms. The minimum absolute atomic E-state index is 0.414. The second-order valence-electron chi connectivity index (χ2n) is 2.92. The molecule has 13 heavy (non-hydrogen) atoms. The van der Waals surface area contributed by atoms with Crippen LogP contribution < -0.4 is 10.5 Å². The fourth-order valence-corrected chi connectivity index (χ4v) is 1.01.